The van der Waals surface area contributed by atoms with Gasteiger partial charge in [0.25, 0.3) is 0 Å². The molecule has 46 valence electrons. The number of pyridine rings is 1. The summed E-state index contributed by atoms with van der Waals surface area (Å²) in [7, 11) is 2.00. The van der Waals surface area contributed by atoms with Gasteiger partial charge in [-0.25, -0.2) is 4.57 Å². The van der Waals surface area contributed by atoms with Gasteiger partial charge in [0.1, 0.15) is 7.05 Å². The van der Waals surface area contributed by atoms with Crippen LogP contribution in [0.25, 0.3) is 0 Å². The van der Waals surface area contributed by atoms with E-state index in [2.05, 4.69) is 0 Å². The van der Waals surface area contributed by atoms with Gasteiger partial charge in [0.2, 0.25) is 0 Å². The number of aryl methyl sites for hydroxylation is 1. The molecule has 0 unspecified atom stereocenters. The van der Waals surface area contributed by atoms with Crippen LogP contribution >= 0.6 is 24.0 Å². The van der Waals surface area contributed by atoms with Crippen LogP contribution in [0, 0.1) is 0 Å². The molecule has 0 aliphatic heterocycles. The van der Waals surface area contributed by atoms with Gasteiger partial charge in [-0.2, -0.15) is 0 Å². The SMILES string of the molecule is C[n+]1ccccc1.I.[Hg]. The van der Waals surface area contributed by atoms with Gasteiger partial charge >= 0.3 is 0 Å². The van der Waals surface area contributed by atoms with Crippen LogP contribution in [-0.2, 0) is 34.7 Å². The topological polar surface area (TPSA) is 3.88 Å². The Hall–Kier alpha value is 0.815. The van der Waals surface area contributed by atoms with E-state index in [0.29, 0.717) is 0 Å². The average Bonchev–Trinajstić information content (AvgIpc) is 1.69. The molecule has 3 heteroatoms. The first-order valence-corrected chi connectivity index (χ1v) is 2.30. The Kier molecular flexibility index (Phi) is 9.61. The standard InChI is InChI=1S/C6H8N.Hg.HI/c1-7-5-3-2-4-6-7;;/h2-6H,1H3;;1H/q+1;;. The molecule has 1 aromatic rings. The zero-order valence-corrected chi connectivity index (χ0v) is 13.3. The number of hydrogen-bond donors (Lipinski definition) is 0. The maximum atomic E-state index is 2.00. The minimum Gasteiger partial charge on any atom is -0.208 e. The largest absolute Gasteiger partial charge is 0.208 e. The van der Waals surface area contributed by atoms with E-state index in [1.165, 1.54) is 0 Å². The van der Waals surface area contributed by atoms with Gasteiger partial charge < -0.3 is 0 Å². The monoisotopic (exact) mass is 424 g/mol. The van der Waals surface area contributed by atoms with Crippen molar-refractivity contribution in [3.63, 3.8) is 0 Å². The van der Waals surface area contributed by atoms with Crippen LogP contribution in [0.4, 0.5) is 0 Å². The molecule has 0 spiro atoms. The molecule has 0 fully saturated rings. The second-order valence-electron chi connectivity index (χ2n) is 1.54. The normalized spacial score (nSPS) is 6.78. The molecule has 0 aliphatic rings. The number of aromatic nitrogens is 1. The van der Waals surface area contributed by atoms with Gasteiger partial charge in [-0.15, -0.1) is 24.0 Å². The first-order valence-electron chi connectivity index (χ1n) is 2.30. The average molecular weight is 423 g/mol. The van der Waals surface area contributed by atoms with E-state index in [1.54, 1.807) is 0 Å². The van der Waals surface area contributed by atoms with Crippen molar-refractivity contribution < 1.29 is 32.2 Å². The molecule has 1 heterocycles. The molecule has 0 aliphatic carbocycles. The Morgan fingerprint density at radius 3 is 1.67 bits per heavy atom. The zero-order chi connectivity index (χ0) is 5.11. The summed E-state index contributed by atoms with van der Waals surface area (Å²) in [6.07, 6.45) is 4.00. The van der Waals surface area contributed by atoms with Crippen LogP contribution in [0.2, 0.25) is 0 Å². The van der Waals surface area contributed by atoms with Gasteiger partial charge in [-0.3, -0.25) is 0 Å². The molecule has 0 amide bonds. The Morgan fingerprint density at radius 2 is 1.44 bits per heavy atom. The van der Waals surface area contributed by atoms with Crippen molar-refractivity contribution in [3.8, 4) is 0 Å². The number of halogens is 1. The van der Waals surface area contributed by atoms with Crippen molar-refractivity contribution in [3.05, 3.63) is 30.6 Å². The quantitative estimate of drug-likeness (QED) is 0.335. The summed E-state index contributed by atoms with van der Waals surface area (Å²) in [5, 5.41) is 0. The molecule has 0 saturated heterocycles. The smallest absolute Gasteiger partial charge is 0.168 e. The maximum Gasteiger partial charge on any atom is 0.168 e. The first-order chi connectivity index (χ1) is 3.39. The molecule has 0 saturated carbocycles. The summed E-state index contributed by atoms with van der Waals surface area (Å²) < 4.78 is 2.00. The fraction of sp³-hybridized carbons (Fsp3) is 0.167. The number of rotatable bonds is 0. The van der Waals surface area contributed by atoms with Gasteiger partial charge in [-0.1, -0.05) is 6.07 Å². The van der Waals surface area contributed by atoms with Gasteiger partial charge in [0.15, 0.2) is 12.4 Å². The second-order valence-corrected chi connectivity index (χ2v) is 1.54. The van der Waals surface area contributed by atoms with E-state index in [9.17, 15) is 0 Å². The molecular weight excluding hydrogens is 414 g/mol. The summed E-state index contributed by atoms with van der Waals surface area (Å²) in [4.78, 5) is 0. The summed E-state index contributed by atoms with van der Waals surface area (Å²) >= 11 is 0. The molecule has 0 atom stereocenters. The van der Waals surface area contributed by atoms with Crippen molar-refractivity contribution in [1.29, 1.82) is 0 Å². The summed E-state index contributed by atoms with van der Waals surface area (Å²) in [5.41, 5.74) is 0. The van der Waals surface area contributed by atoms with Crippen molar-refractivity contribution in [2.45, 2.75) is 0 Å². The molecule has 1 rings (SSSR count). The summed E-state index contributed by atoms with van der Waals surface area (Å²) in [6.45, 7) is 0. The number of nitrogens with zero attached hydrogens (tertiary/aromatic N) is 1. The van der Waals surface area contributed by atoms with E-state index in [0.717, 1.165) is 0 Å². The van der Waals surface area contributed by atoms with Crippen LogP contribution in [0.3, 0.4) is 0 Å². The van der Waals surface area contributed by atoms with Gasteiger partial charge in [0, 0.05) is 39.8 Å². The molecule has 0 bridgehead atoms. The van der Waals surface area contributed by atoms with Crippen LogP contribution < -0.4 is 4.57 Å². The van der Waals surface area contributed by atoms with Crippen LogP contribution in [0.5, 0.6) is 0 Å². The van der Waals surface area contributed by atoms with Crippen LogP contribution in [-0.4, -0.2) is 0 Å². The summed E-state index contributed by atoms with van der Waals surface area (Å²) in [5.74, 6) is 0. The van der Waals surface area contributed by atoms with Gasteiger partial charge in [-0.05, 0) is 0 Å². The maximum absolute atomic E-state index is 2.00. The third kappa shape index (κ3) is 5.27. The molecule has 0 radical (unpaired) electrons. The van der Waals surface area contributed by atoms with Gasteiger partial charge in [0.05, 0.1) is 0 Å². The first kappa shape index (κ1) is 12.5. The van der Waals surface area contributed by atoms with Crippen LogP contribution in [0.1, 0.15) is 0 Å². The Morgan fingerprint density at radius 1 is 1.00 bits per heavy atom. The molecule has 0 N–H and O–H groups in total. The Bertz CT molecular complexity index is 143. The molecule has 9 heavy (non-hydrogen) atoms. The van der Waals surface area contributed by atoms with E-state index in [1.807, 2.05) is 42.2 Å². The second kappa shape index (κ2) is 6.93. The third-order valence-electron chi connectivity index (χ3n) is 0.865. The predicted molar refractivity (Wildman–Crippen MR) is 43.0 cm³/mol. The molecule has 0 aromatic carbocycles. The van der Waals surface area contributed by atoms with E-state index >= 15 is 0 Å². The molecular formula is C6H9HgIN+. The fourth-order valence-electron chi connectivity index (χ4n) is 0.485. The fourth-order valence-corrected chi connectivity index (χ4v) is 0.485. The van der Waals surface area contributed by atoms with Crippen molar-refractivity contribution in [2.24, 2.45) is 7.05 Å². The Balaban J connectivity index is 0. The minimum absolute atomic E-state index is 0. The van der Waals surface area contributed by atoms with Crippen molar-refractivity contribution in [1.82, 2.24) is 0 Å². The van der Waals surface area contributed by atoms with Crippen molar-refractivity contribution in [2.75, 3.05) is 0 Å². The number of hydrogen-bond acceptors (Lipinski definition) is 0. The third-order valence-corrected chi connectivity index (χ3v) is 0.865. The van der Waals surface area contributed by atoms with Crippen LogP contribution in [0.15, 0.2) is 30.6 Å². The van der Waals surface area contributed by atoms with E-state index < -0.39 is 0 Å². The predicted octanol–water partition coefficient (Wildman–Crippen LogP) is 1.13. The Labute approximate surface area is 93.0 Å². The van der Waals surface area contributed by atoms with E-state index in [-0.39, 0.29) is 51.6 Å². The summed E-state index contributed by atoms with van der Waals surface area (Å²) in [6, 6.07) is 6.00. The molecule has 1 aromatic heterocycles. The van der Waals surface area contributed by atoms with E-state index in [4.69, 9.17) is 0 Å². The zero-order valence-electron chi connectivity index (χ0n) is 5.45. The molecule has 1 nitrogen and oxygen atoms in total. The minimum atomic E-state index is 0. The van der Waals surface area contributed by atoms with Crippen molar-refractivity contribution >= 4 is 24.0 Å².